The van der Waals surface area contributed by atoms with E-state index in [2.05, 4.69) is 5.32 Å². The minimum absolute atomic E-state index is 0.283. The van der Waals surface area contributed by atoms with Crippen molar-refractivity contribution in [2.75, 3.05) is 0 Å². The summed E-state index contributed by atoms with van der Waals surface area (Å²) in [6.45, 7) is 0.429. The smallest absolute Gasteiger partial charge is 0.244 e. The summed E-state index contributed by atoms with van der Waals surface area (Å²) in [7, 11) is 0. The van der Waals surface area contributed by atoms with Crippen LogP contribution < -0.4 is 5.32 Å². The first-order chi connectivity index (χ1) is 7.46. The van der Waals surface area contributed by atoms with E-state index in [1.165, 1.54) is 0 Å². The molecule has 1 aromatic carbocycles. The van der Waals surface area contributed by atoms with E-state index in [1.54, 1.807) is 0 Å². The standard InChI is InChI=1S/C11H10Cl3NO/c12-10(7-11(10,13)14)9(16)15-6-8-4-2-1-3-5-8/h1-5H,6-7H2,(H,15,16). The molecule has 16 heavy (non-hydrogen) atoms. The first-order valence-corrected chi connectivity index (χ1v) is 5.98. The molecule has 1 aromatic rings. The number of nitrogens with one attached hydrogen (secondary N) is 1. The van der Waals surface area contributed by atoms with Crippen molar-refractivity contribution in [3.8, 4) is 0 Å². The molecule has 1 N–H and O–H groups in total. The highest BCUT2D eigenvalue weighted by Crippen LogP contribution is 2.61. The predicted molar refractivity (Wildman–Crippen MR) is 65.9 cm³/mol. The average Bonchev–Trinajstić information content (AvgIpc) is 2.78. The van der Waals surface area contributed by atoms with Gasteiger partial charge >= 0.3 is 0 Å². The maximum atomic E-state index is 11.7. The van der Waals surface area contributed by atoms with E-state index in [-0.39, 0.29) is 12.3 Å². The second-order valence-electron chi connectivity index (χ2n) is 3.85. The van der Waals surface area contributed by atoms with E-state index in [1.807, 2.05) is 30.3 Å². The van der Waals surface area contributed by atoms with Gasteiger partial charge in [0.05, 0.1) is 0 Å². The van der Waals surface area contributed by atoms with E-state index in [0.717, 1.165) is 5.56 Å². The van der Waals surface area contributed by atoms with Gasteiger partial charge in [0.25, 0.3) is 0 Å². The Balaban J connectivity index is 1.91. The third kappa shape index (κ3) is 2.15. The number of rotatable bonds is 3. The number of amides is 1. The van der Waals surface area contributed by atoms with E-state index < -0.39 is 9.21 Å². The fourth-order valence-electron chi connectivity index (χ4n) is 1.43. The Hall–Kier alpha value is -0.440. The maximum absolute atomic E-state index is 11.7. The highest BCUT2D eigenvalue weighted by Gasteiger charge is 2.70. The molecule has 0 aliphatic heterocycles. The summed E-state index contributed by atoms with van der Waals surface area (Å²) in [4.78, 5) is 10.5. The average molecular weight is 279 g/mol. The number of hydrogen-bond acceptors (Lipinski definition) is 1. The molecule has 1 fully saturated rings. The van der Waals surface area contributed by atoms with Crippen LogP contribution >= 0.6 is 34.8 Å². The summed E-state index contributed by atoms with van der Waals surface area (Å²) in [5, 5.41) is 2.72. The van der Waals surface area contributed by atoms with Crippen LogP contribution in [0.25, 0.3) is 0 Å². The van der Waals surface area contributed by atoms with Gasteiger partial charge in [-0.25, -0.2) is 0 Å². The van der Waals surface area contributed by atoms with Gasteiger partial charge in [-0.15, -0.1) is 11.6 Å². The Morgan fingerprint density at radius 1 is 1.25 bits per heavy atom. The van der Waals surface area contributed by atoms with Crippen LogP contribution in [0.2, 0.25) is 0 Å². The van der Waals surface area contributed by atoms with Crippen LogP contribution in [-0.4, -0.2) is 15.1 Å². The Morgan fingerprint density at radius 3 is 2.31 bits per heavy atom. The van der Waals surface area contributed by atoms with Gasteiger partial charge in [0.2, 0.25) is 5.91 Å². The maximum Gasteiger partial charge on any atom is 0.244 e. The lowest BCUT2D eigenvalue weighted by molar-refractivity contribution is -0.121. The molecule has 1 aliphatic rings. The topological polar surface area (TPSA) is 29.1 Å². The first kappa shape index (κ1) is 12.0. The second-order valence-corrected chi connectivity index (χ2v) is 5.98. The van der Waals surface area contributed by atoms with Crippen LogP contribution in [0, 0.1) is 0 Å². The number of carbonyl (C=O) groups excluding carboxylic acids is 1. The molecular weight excluding hydrogens is 268 g/mol. The molecule has 1 atom stereocenters. The molecule has 1 aliphatic carbocycles. The lowest BCUT2D eigenvalue weighted by Crippen LogP contribution is -2.35. The summed E-state index contributed by atoms with van der Waals surface area (Å²) < 4.78 is -1.13. The Bertz CT molecular complexity index is 407. The summed E-state index contributed by atoms with van der Waals surface area (Å²) in [6, 6.07) is 9.56. The van der Waals surface area contributed by atoms with Gasteiger partial charge in [-0.3, -0.25) is 4.79 Å². The van der Waals surface area contributed by atoms with Gasteiger partial charge in [0, 0.05) is 13.0 Å². The second kappa shape index (κ2) is 4.10. The van der Waals surface area contributed by atoms with Crippen LogP contribution in [0.5, 0.6) is 0 Å². The minimum Gasteiger partial charge on any atom is -0.350 e. The molecule has 86 valence electrons. The van der Waals surface area contributed by atoms with Crippen molar-refractivity contribution in [1.29, 1.82) is 0 Å². The summed E-state index contributed by atoms with van der Waals surface area (Å²) in [5.41, 5.74) is 1.01. The van der Waals surface area contributed by atoms with Gasteiger partial charge in [-0.1, -0.05) is 53.5 Å². The van der Waals surface area contributed by atoms with Crippen LogP contribution in [0.3, 0.4) is 0 Å². The van der Waals surface area contributed by atoms with Gasteiger partial charge in [0.1, 0.15) is 4.33 Å². The Kier molecular flexibility index (Phi) is 3.08. The molecule has 2 nitrogen and oxygen atoms in total. The highest BCUT2D eigenvalue weighted by atomic mass is 35.5. The molecule has 0 spiro atoms. The van der Waals surface area contributed by atoms with Crippen molar-refractivity contribution in [3.63, 3.8) is 0 Å². The molecule has 2 rings (SSSR count). The quantitative estimate of drug-likeness (QED) is 0.847. The van der Waals surface area contributed by atoms with Crippen molar-refractivity contribution >= 4 is 40.7 Å². The normalized spacial score (nSPS) is 26.2. The Labute approximate surface area is 109 Å². The highest BCUT2D eigenvalue weighted by molar-refractivity contribution is 6.62. The van der Waals surface area contributed by atoms with Crippen molar-refractivity contribution in [2.24, 2.45) is 0 Å². The van der Waals surface area contributed by atoms with Crippen LogP contribution in [0.15, 0.2) is 30.3 Å². The molecule has 0 radical (unpaired) electrons. The molecule has 1 unspecified atom stereocenters. The molecule has 0 aromatic heterocycles. The van der Waals surface area contributed by atoms with Crippen molar-refractivity contribution in [2.45, 2.75) is 22.2 Å². The van der Waals surface area contributed by atoms with Gasteiger partial charge in [-0.2, -0.15) is 0 Å². The fraction of sp³-hybridized carbons (Fsp3) is 0.364. The van der Waals surface area contributed by atoms with E-state index in [4.69, 9.17) is 34.8 Å². The SMILES string of the molecule is O=C(NCc1ccccc1)C1(Cl)CC1(Cl)Cl. The Morgan fingerprint density at radius 2 is 1.81 bits per heavy atom. The molecule has 0 heterocycles. The lowest BCUT2D eigenvalue weighted by Gasteiger charge is -2.10. The molecule has 5 heteroatoms. The van der Waals surface area contributed by atoms with Crippen molar-refractivity contribution in [1.82, 2.24) is 5.32 Å². The number of halogens is 3. The van der Waals surface area contributed by atoms with Crippen LogP contribution in [0.1, 0.15) is 12.0 Å². The number of benzene rings is 1. The van der Waals surface area contributed by atoms with Gasteiger partial charge in [-0.05, 0) is 5.56 Å². The van der Waals surface area contributed by atoms with Crippen LogP contribution in [0.4, 0.5) is 0 Å². The summed E-state index contributed by atoms with van der Waals surface area (Å²) in [6.07, 6.45) is 0.283. The fourth-order valence-corrected chi connectivity index (χ4v) is 2.40. The summed E-state index contributed by atoms with van der Waals surface area (Å²) >= 11 is 17.6. The molecule has 0 saturated heterocycles. The monoisotopic (exact) mass is 277 g/mol. The summed E-state index contributed by atoms with van der Waals surface area (Å²) in [5.74, 6) is -0.317. The lowest BCUT2D eigenvalue weighted by atomic mass is 10.2. The number of alkyl halides is 3. The molecule has 1 saturated carbocycles. The van der Waals surface area contributed by atoms with E-state index >= 15 is 0 Å². The molecular formula is C11H10Cl3NO. The third-order valence-corrected chi connectivity index (χ3v) is 4.31. The molecule has 1 amide bonds. The number of carbonyl (C=O) groups is 1. The van der Waals surface area contributed by atoms with E-state index in [0.29, 0.717) is 6.54 Å². The van der Waals surface area contributed by atoms with Gasteiger partial charge in [0.15, 0.2) is 4.87 Å². The first-order valence-electron chi connectivity index (χ1n) is 4.85. The minimum atomic E-state index is -1.16. The zero-order valence-electron chi connectivity index (χ0n) is 8.34. The zero-order chi connectivity index (χ0) is 11.8. The zero-order valence-corrected chi connectivity index (χ0v) is 10.6. The van der Waals surface area contributed by atoms with Crippen molar-refractivity contribution in [3.05, 3.63) is 35.9 Å². The van der Waals surface area contributed by atoms with Crippen molar-refractivity contribution < 1.29 is 4.79 Å². The largest absolute Gasteiger partial charge is 0.350 e. The van der Waals surface area contributed by atoms with E-state index in [9.17, 15) is 4.79 Å². The number of hydrogen-bond donors (Lipinski definition) is 1. The van der Waals surface area contributed by atoms with Gasteiger partial charge < -0.3 is 5.32 Å². The predicted octanol–water partition coefficient (Wildman–Crippen LogP) is 2.86. The van der Waals surface area contributed by atoms with Crippen LogP contribution in [-0.2, 0) is 11.3 Å². The molecule has 0 bridgehead atoms. The third-order valence-electron chi connectivity index (χ3n) is 2.58.